The van der Waals surface area contributed by atoms with E-state index in [1.807, 2.05) is 55.1 Å². The third kappa shape index (κ3) is 4.79. The Bertz CT molecular complexity index is 676. The molecule has 0 aliphatic rings. The number of pyridine rings is 1. The SMILES string of the molecule is CCC(c1ccncc1)N(CC)C(=O)Nc1cccc(C(C)OC)c1. The molecule has 0 fully saturated rings. The zero-order valence-corrected chi connectivity index (χ0v) is 15.4. The highest BCUT2D eigenvalue weighted by Gasteiger charge is 2.22. The number of carbonyl (C=O) groups excluding carboxylic acids is 1. The quantitative estimate of drug-likeness (QED) is 0.787. The number of anilines is 1. The van der Waals surface area contributed by atoms with Crippen LogP contribution in [-0.2, 0) is 4.74 Å². The maximum atomic E-state index is 12.8. The van der Waals surface area contributed by atoms with E-state index < -0.39 is 0 Å². The predicted molar refractivity (Wildman–Crippen MR) is 101 cm³/mol. The van der Waals surface area contributed by atoms with E-state index in [-0.39, 0.29) is 18.2 Å². The van der Waals surface area contributed by atoms with E-state index in [0.29, 0.717) is 6.54 Å². The van der Waals surface area contributed by atoms with Crippen molar-refractivity contribution >= 4 is 11.7 Å². The molecule has 2 rings (SSSR count). The first kappa shape index (κ1) is 18.9. The van der Waals surface area contributed by atoms with Crippen molar-refractivity contribution in [2.24, 2.45) is 0 Å². The van der Waals surface area contributed by atoms with Gasteiger partial charge < -0.3 is 15.0 Å². The number of aromatic nitrogens is 1. The van der Waals surface area contributed by atoms with Gasteiger partial charge in [-0.2, -0.15) is 0 Å². The van der Waals surface area contributed by atoms with Crippen LogP contribution in [-0.4, -0.2) is 29.6 Å². The molecular formula is C20H27N3O2. The standard InChI is InChI=1S/C20H27N3O2/c1-5-19(16-10-12-21-13-11-16)23(6-2)20(24)22-18-9-7-8-17(14-18)15(3)25-4/h7-15,19H,5-6H2,1-4H3,(H,22,24). The molecule has 2 amide bonds. The van der Waals surface area contributed by atoms with Gasteiger partial charge in [-0.3, -0.25) is 4.98 Å². The van der Waals surface area contributed by atoms with E-state index in [9.17, 15) is 4.79 Å². The summed E-state index contributed by atoms with van der Waals surface area (Å²) in [7, 11) is 1.68. The molecule has 25 heavy (non-hydrogen) atoms. The Hall–Kier alpha value is -2.40. The van der Waals surface area contributed by atoms with Gasteiger partial charge in [0.2, 0.25) is 0 Å². The van der Waals surface area contributed by atoms with Crippen LogP contribution in [0.1, 0.15) is 50.5 Å². The predicted octanol–water partition coefficient (Wildman–Crippen LogP) is 4.79. The first-order chi connectivity index (χ1) is 12.1. The number of benzene rings is 1. The van der Waals surface area contributed by atoms with Crippen molar-refractivity contribution in [1.82, 2.24) is 9.88 Å². The fraction of sp³-hybridized carbons (Fsp3) is 0.400. The van der Waals surface area contributed by atoms with Crippen LogP contribution in [0.3, 0.4) is 0 Å². The first-order valence-corrected chi connectivity index (χ1v) is 8.71. The molecule has 2 aromatic rings. The van der Waals surface area contributed by atoms with Gasteiger partial charge in [-0.25, -0.2) is 4.79 Å². The minimum absolute atomic E-state index is 0.0145. The van der Waals surface area contributed by atoms with Crippen LogP contribution in [0.15, 0.2) is 48.8 Å². The van der Waals surface area contributed by atoms with E-state index in [4.69, 9.17) is 4.74 Å². The summed E-state index contributed by atoms with van der Waals surface area (Å²) in [6.45, 7) is 6.69. The van der Waals surface area contributed by atoms with E-state index in [2.05, 4.69) is 17.2 Å². The third-order valence-corrected chi connectivity index (χ3v) is 4.42. The maximum absolute atomic E-state index is 12.8. The summed E-state index contributed by atoms with van der Waals surface area (Å²) >= 11 is 0. The molecule has 1 aromatic carbocycles. The second-order valence-corrected chi connectivity index (χ2v) is 5.92. The minimum atomic E-state index is -0.103. The highest BCUT2D eigenvalue weighted by molar-refractivity contribution is 5.89. The fourth-order valence-electron chi connectivity index (χ4n) is 2.93. The molecule has 0 spiro atoms. The lowest BCUT2D eigenvalue weighted by molar-refractivity contribution is 0.119. The van der Waals surface area contributed by atoms with Crippen LogP contribution in [0.4, 0.5) is 10.5 Å². The average molecular weight is 341 g/mol. The Morgan fingerprint density at radius 1 is 1.20 bits per heavy atom. The van der Waals surface area contributed by atoms with Gasteiger partial charge in [-0.05, 0) is 55.7 Å². The number of carbonyl (C=O) groups is 1. The summed E-state index contributed by atoms with van der Waals surface area (Å²) in [5, 5.41) is 3.01. The molecular weight excluding hydrogens is 314 g/mol. The number of nitrogens with zero attached hydrogens (tertiary/aromatic N) is 2. The topological polar surface area (TPSA) is 54.5 Å². The average Bonchev–Trinajstić information content (AvgIpc) is 2.66. The van der Waals surface area contributed by atoms with Gasteiger partial charge in [0.25, 0.3) is 0 Å². The summed E-state index contributed by atoms with van der Waals surface area (Å²) in [4.78, 5) is 18.7. The van der Waals surface area contributed by atoms with Gasteiger partial charge in [0.05, 0.1) is 12.1 Å². The number of rotatable bonds is 7. The number of hydrogen-bond acceptors (Lipinski definition) is 3. The zero-order chi connectivity index (χ0) is 18.2. The highest BCUT2D eigenvalue weighted by Crippen LogP contribution is 2.25. The second-order valence-electron chi connectivity index (χ2n) is 5.92. The molecule has 0 aliphatic carbocycles. The van der Waals surface area contributed by atoms with Crippen molar-refractivity contribution < 1.29 is 9.53 Å². The molecule has 0 bridgehead atoms. The second kappa shape index (κ2) is 9.18. The Balaban J connectivity index is 2.17. The van der Waals surface area contributed by atoms with Gasteiger partial charge in [0, 0.05) is 31.7 Å². The van der Waals surface area contributed by atoms with Crippen LogP contribution in [0.5, 0.6) is 0 Å². The van der Waals surface area contributed by atoms with Crippen molar-refractivity contribution in [3.63, 3.8) is 0 Å². The molecule has 0 saturated heterocycles. The normalized spacial score (nSPS) is 13.1. The Kier molecular flexibility index (Phi) is 6.95. The molecule has 134 valence electrons. The zero-order valence-electron chi connectivity index (χ0n) is 15.4. The van der Waals surface area contributed by atoms with E-state index in [0.717, 1.165) is 23.2 Å². The molecule has 1 N–H and O–H groups in total. The summed E-state index contributed by atoms with van der Waals surface area (Å²) in [5.41, 5.74) is 2.90. The summed E-state index contributed by atoms with van der Waals surface area (Å²) < 4.78 is 5.35. The molecule has 2 atom stereocenters. The minimum Gasteiger partial charge on any atom is -0.377 e. The number of hydrogen-bond donors (Lipinski definition) is 1. The lowest BCUT2D eigenvalue weighted by Gasteiger charge is -2.30. The monoisotopic (exact) mass is 341 g/mol. The van der Waals surface area contributed by atoms with Crippen LogP contribution in [0.25, 0.3) is 0 Å². The number of urea groups is 1. The van der Waals surface area contributed by atoms with Gasteiger partial charge >= 0.3 is 6.03 Å². The number of methoxy groups -OCH3 is 1. The third-order valence-electron chi connectivity index (χ3n) is 4.42. The summed E-state index contributed by atoms with van der Waals surface area (Å²) in [6.07, 6.45) is 4.35. The Morgan fingerprint density at radius 3 is 2.52 bits per heavy atom. The molecule has 0 radical (unpaired) electrons. The lowest BCUT2D eigenvalue weighted by Crippen LogP contribution is -2.37. The Morgan fingerprint density at radius 2 is 1.92 bits per heavy atom. The number of nitrogens with one attached hydrogen (secondary N) is 1. The largest absolute Gasteiger partial charge is 0.377 e. The van der Waals surface area contributed by atoms with Crippen LogP contribution < -0.4 is 5.32 Å². The highest BCUT2D eigenvalue weighted by atomic mass is 16.5. The van der Waals surface area contributed by atoms with E-state index in [1.54, 1.807) is 19.5 Å². The first-order valence-electron chi connectivity index (χ1n) is 8.71. The molecule has 2 unspecified atom stereocenters. The molecule has 1 aromatic heterocycles. The van der Waals surface area contributed by atoms with Gasteiger partial charge in [0.1, 0.15) is 0 Å². The molecule has 0 aliphatic heterocycles. The van der Waals surface area contributed by atoms with Crippen molar-refractivity contribution in [1.29, 1.82) is 0 Å². The summed E-state index contributed by atoms with van der Waals surface area (Å²) in [6, 6.07) is 11.6. The van der Waals surface area contributed by atoms with Crippen molar-refractivity contribution in [2.75, 3.05) is 19.0 Å². The van der Waals surface area contributed by atoms with Crippen molar-refractivity contribution in [2.45, 2.75) is 39.3 Å². The smallest absolute Gasteiger partial charge is 0.322 e. The van der Waals surface area contributed by atoms with E-state index >= 15 is 0 Å². The molecule has 5 nitrogen and oxygen atoms in total. The van der Waals surface area contributed by atoms with Gasteiger partial charge in [-0.15, -0.1) is 0 Å². The van der Waals surface area contributed by atoms with Crippen LogP contribution >= 0.6 is 0 Å². The lowest BCUT2D eigenvalue weighted by atomic mass is 10.0. The Labute approximate surface area is 150 Å². The van der Waals surface area contributed by atoms with Crippen LogP contribution in [0.2, 0.25) is 0 Å². The number of ether oxygens (including phenoxy) is 1. The molecule has 0 saturated carbocycles. The van der Waals surface area contributed by atoms with Crippen molar-refractivity contribution in [3.8, 4) is 0 Å². The number of amides is 2. The molecule has 5 heteroatoms. The van der Waals surface area contributed by atoms with Crippen LogP contribution in [0, 0.1) is 0 Å². The van der Waals surface area contributed by atoms with Crippen molar-refractivity contribution in [3.05, 3.63) is 59.9 Å². The molecule has 1 heterocycles. The maximum Gasteiger partial charge on any atom is 0.322 e. The van der Waals surface area contributed by atoms with Gasteiger partial charge in [-0.1, -0.05) is 19.1 Å². The fourth-order valence-corrected chi connectivity index (χ4v) is 2.93. The van der Waals surface area contributed by atoms with Gasteiger partial charge in [0.15, 0.2) is 0 Å². The van der Waals surface area contributed by atoms with E-state index in [1.165, 1.54) is 0 Å². The summed E-state index contributed by atoms with van der Waals surface area (Å²) in [5.74, 6) is 0.